The summed E-state index contributed by atoms with van der Waals surface area (Å²) in [5.74, 6) is 0. The molecule has 4 aromatic rings. The van der Waals surface area contributed by atoms with Crippen molar-refractivity contribution in [3.05, 3.63) is 126 Å². The number of rotatable bonds is 7. The monoisotopic (exact) mass is 602 g/mol. The van der Waals surface area contributed by atoms with Crippen molar-refractivity contribution < 1.29 is 9.16 Å². The van der Waals surface area contributed by atoms with Crippen LogP contribution >= 0.6 is 27.7 Å². The van der Waals surface area contributed by atoms with Crippen molar-refractivity contribution in [3.63, 3.8) is 0 Å². The maximum Gasteiger partial charge on any atom is 0.261 e. The maximum absolute atomic E-state index is 7.65. The number of aryl methyl sites for hydroxylation is 1. The number of hydrogen-bond donors (Lipinski definition) is 0. The van der Waals surface area contributed by atoms with Gasteiger partial charge in [-0.1, -0.05) is 157 Å². The molecule has 1 heterocycles. The van der Waals surface area contributed by atoms with Crippen molar-refractivity contribution in [2.45, 2.75) is 60.1 Å². The van der Waals surface area contributed by atoms with Crippen molar-refractivity contribution in [1.82, 2.24) is 0 Å². The molecule has 4 aromatic carbocycles. The smallest absolute Gasteiger partial charge is 0.261 e. The summed E-state index contributed by atoms with van der Waals surface area (Å²) in [4.78, 5) is 1.18. The largest absolute Gasteiger partial charge is 0.400 e. The van der Waals surface area contributed by atoms with Gasteiger partial charge in [-0.25, -0.2) is 0 Å². The quantitative estimate of drug-likeness (QED) is 0.158. The fourth-order valence-electron chi connectivity index (χ4n) is 5.39. The maximum atomic E-state index is 7.65. The molecule has 0 saturated carbocycles. The van der Waals surface area contributed by atoms with Gasteiger partial charge >= 0.3 is 0 Å². The predicted octanol–water partition coefficient (Wildman–Crippen LogP) is 7.89. The van der Waals surface area contributed by atoms with E-state index in [0.29, 0.717) is 0 Å². The van der Waals surface area contributed by atoms with Crippen LogP contribution in [-0.4, -0.2) is 24.7 Å². The lowest BCUT2D eigenvalue weighted by Crippen LogP contribution is -2.68. The van der Waals surface area contributed by atoms with Crippen LogP contribution in [0.1, 0.15) is 38.0 Å². The summed E-state index contributed by atoms with van der Waals surface area (Å²) in [5, 5.41) is 2.44. The molecule has 1 aliphatic heterocycles. The summed E-state index contributed by atoms with van der Waals surface area (Å²) in [5.41, 5.74) is 2.24. The fraction of sp³-hybridized carbons (Fsp3) is 0.273. The molecule has 0 aromatic heterocycles. The third-order valence-corrected chi connectivity index (χ3v) is 14.5. The molecule has 4 atom stereocenters. The summed E-state index contributed by atoms with van der Waals surface area (Å²) in [6, 6.07) is 40.9. The Morgan fingerprint density at radius 2 is 1.24 bits per heavy atom. The fourth-order valence-corrected chi connectivity index (χ4v) is 12.5. The first-order chi connectivity index (χ1) is 18.3. The van der Waals surface area contributed by atoms with Gasteiger partial charge < -0.3 is 9.16 Å². The average molecular weight is 604 g/mol. The van der Waals surface area contributed by atoms with Crippen molar-refractivity contribution in [2.75, 3.05) is 0 Å². The zero-order valence-electron chi connectivity index (χ0n) is 22.4. The van der Waals surface area contributed by atoms with Gasteiger partial charge in [0.05, 0.1) is 17.0 Å². The molecular weight excluding hydrogens is 568 g/mol. The molecule has 0 bridgehead atoms. The lowest BCUT2D eigenvalue weighted by molar-refractivity contribution is 0.0693. The minimum Gasteiger partial charge on any atom is -0.400 e. The predicted molar refractivity (Wildman–Crippen MR) is 166 cm³/mol. The van der Waals surface area contributed by atoms with E-state index in [1.807, 2.05) is 0 Å². The van der Waals surface area contributed by atoms with Crippen LogP contribution in [0.3, 0.4) is 0 Å². The molecular formula is C33H35BrO2SSi. The van der Waals surface area contributed by atoms with Gasteiger partial charge in [0.15, 0.2) is 0 Å². The van der Waals surface area contributed by atoms with E-state index in [1.165, 1.54) is 20.8 Å². The molecule has 1 aliphatic rings. The molecule has 0 aliphatic carbocycles. The number of hydrogen-bond acceptors (Lipinski definition) is 3. The highest BCUT2D eigenvalue weighted by Crippen LogP contribution is 2.48. The Kier molecular flexibility index (Phi) is 8.32. The van der Waals surface area contributed by atoms with Gasteiger partial charge in [0, 0.05) is 4.90 Å². The van der Waals surface area contributed by atoms with Crippen molar-refractivity contribution >= 4 is 46.4 Å². The first-order valence-corrected chi connectivity index (χ1v) is 16.9. The lowest BCUT2D eigenvalue weighted by Gasteiger charge is -2.45. The number of benzene rings is 4. The van der Waals surface area contributed by atoms with Crippen LogP contribution in [0, 0.1) is 6.92 Å². The summed E-state index contributed by atoms with van der Waals surface area (Å²) in [6.45, 7) is 9.11. The topological polar surface area (TPSA) is 18.5 Å². The molecule has 0 radical (unpaired) electrons. The first-order valence-electron chi connectivity index (χ1n) is 13.2. The summed E-state index contributed by atoms with van der Waals surface area (Å²) in [6.07, 6.45) is -0.278. The molecule has 38 heavy (non-hydrogen) atoms. The van der Waals surface area contributed by atoms with Crippen molar-refractivity contribution in [3.8, 4) is 0 Å². The Balaban J connectivity index is 1.62. The van der Waals surface area contributed by atoms with Gasteiger partial charge in [0.2, 0.25) is 0 Å². The number of halogens is 1. The second-order valence-corrected chi connectivity index (χ2v) is 17.4. The van der Waals surface area contributed by atoms with E-state index in [0.717, 1.165) is 5.56 Å². The van der Waals surface area contributed by atoms with Crippen molar-refractivity contribution in [2.24, 2.45) is 0 Å². The molecule has 0 amide bonds. The zero-order chi connectivity index (χ0) is 26.8. The van der Waals surface area contributed by atoms with Gasteiger partial charge in [0.25, 0.3) is 8.32 Å². The second-order valence-electron chi connectivity index (χ2n) is 11.0. The second kappa shape index (κ2) is 11.5. The third kappa shape index (κ3) is 5.45. The minimum absolute atomic E-state index is 0.00509. The van der Waals surface area contributed by atoms with Crippen LogP contribution in [0.4, 0.5) is 0 Å². The Bertz CT molecular complexity index is 1270. The van der Waals surface area contributed by atoms with Crippen LogP contribution in [0.15, 0.2) is 120 Å². The van der Waals surface area contributed by atoms with E-state index in [1.54, 1.807) is 11.8 Å². The Hall–Kier alpha value is -2.15. The van der Waals surface area contributed by atoms with E-state index in [9.17, 15) is 0 Å². The third-order valence-electron chi connectivity index (χ3n) is 7.28. The number of ether oxygens (including phenoxy) is 1. The van der Waals surface area contributed by atoms with Gasteiger partial charge in [0.1, 0.15) is 5.44 Å². The normalized spacial score (nSPS) is 21.9. The minimum atomic E-state index is -2.78. The zero-order valence-corrected chi connectivity index (χ0v) is 25.8. The highest BCUT2D eigenvalue weighted by molar-refractivity contribution is 9.09. The van der Waals surface area contributed by atoms with E-state index < -0.39 is 8.32 Å². The van der Waals surface area contributed by atoms with Gasteiger partial charge in [-0.2, -0.15) is 0 Å². The summed E-state index contributed by atoms with van der Waals surface area (Å²) < 4.78 is 14.5. The lowest BCUT2D eigenvalue weighted by atomic mass is 10.1. The number of thioether (sulfide) groups is 1. The molecule has 5 heteroatoms. The molecule has 1 saturated heterocycles. The molecule has 2 nitrogen and oxygen atoms in total. The highest BCUT2D eigenvalue weighted by atomic mass is 79.9. The van der Waals surface area contributed by atoms with Gasteiger partial charge in [-0.15, -0.1) is 0 Å². The Labute approximate surface area is 241 Å². The molecule has 0 spiro atoms. The van der Waals surface area contributed by atoms with Crippen LogP contribution in [0.2, 0.25) is 5.04 Å². The van der Waals surface area contributed by atoms with Crippen LogP contribution in [0.5, 0.6) is 0 Å². The molecule has 5 rings (SSSR count). The van der Waals surface area contributed by atoms with Crippen LogP contribution in [-0.2, 0) is 9.16 Å². The van der Waals surface area contributed by atoms with Crippen LogP contribution in [0.25, 0.3) is 0 Å². The standard InChI is InChI=1S/C33H35BrO2SSi/c1-24-20-22-26(23-21-24)37-32-31(29(34)30(35-32)25-14-8-5-9-15-25)36-38(33(2,3)4,27-16-10-6-11-17-27)28-18-12-7-13-19-28/h5-23,29-32H,1-4H3/t29-,30-,31-,32?/m1/s1. The average Bonchev–Trinajstić information content (AvgIpc) is 3.23. The van der Waals surface area contributed by atoms with Gasteiger partial charge in [-0.3, -0.25) is 0 Å². The van der Waals surface area contributed by atoms with Crippen LogP contribution < -0.4 is 10.4 Å². The van der Waals surface area contributed by atoms with Crippen molar-refractivity contribution in [1.29, 1.82) is 0 Å². The molecule has 1 unspecified atom stereocenters. The molecule has 0 N–H and O–H groups in total. The summed E-state index contributed by atoms with van der Waals surface area (Å²) >= 11 is 5.85. The SMILES string of the molecule is Cc1ccc(SC2O[C@H](c3ccccc3)[C@@H](Br)[C@H]2O[Si](c2ccccc2)(c2ccccc2)C(C)(C)C)cc1. The van der Waals surface area contributed by atoms with Gasteiger partial charge in [-0.05, 0) is 40.0 Å². The summed E-state index contributed by atoms with van der Waals surface area (Å²) in [7, 11) is -2.78. The molecule has 196 valence electrons. The number of alkyl halides is 1. The Morgan fingerprint density at radius 3 is 1.74 bits per heavy atom. The Morgan fingerprint density at radius 1 is 0.737 bits per heavy atom. The first kappa shape index (κ1) is 27.4. The van der Waals surface area contributed by atoms with E-state index in [4.69, 9.17) is 9.16 Å². The van der Waals surface area contributed by atoms with E-state index >= 15 is 0 Å². The van der Waals surface area contributed by atoms with E-state index in [2.05, 4.69) is 159 Å². The molecule has 1 fully saturated rings. The highest BCUT2D eigenvalue weighted by Gasteiger charge is 2.56. The van der Waals surface area contributed by atoms with E-state index in [-0.39, 0.29) is 27.5 Å².